The Balaban J connectivity index is 1.69. The predicted octanol–water partition coefficient (Wildman–Crippen LogP) is 4.79. The summed E-state index contributed by atoms with van der Waals surface area (Å²) in [5.74, 6) is -0.175. The molecule has 1 unspecified atom stereocenters. The summed E-state index contributed by atoms with van der Waals surface area (Å²) in [6.07, 6.45) is 4.17. The molecule has 0 aromatic heterocycles. The van der Waals surface area contributed by atoms with Gasteiger partial charge >= 0.3 is 0 Å². The summed E-state index contributed by atoms with van der Waals surface area (Å²) in [5.41, 5.74) is 0.745. The molecule has 2 aromatic rings. The summed E-state index contributed by atoms with van der Waals surface area (Å²) >= 11 is 12.9. The van der Waals surface area contributed by atoms with Gasteiger partial charge in [0.2, 0.25) is 21.8 Å². The van der Waals surface area contributed by atoms with Crippen molar-refractivity contribution in [3.8, 4) is 11.5 Å². The monoisotopic (exact) mass is 611 g/mol. The molecule has 1 heterocycles. The van der Waals surface area contributed by atoms with E-state index in [1.807, 2.05) is 6.92 Å². The summed E-state index contributed by atoms with van der Waals surface area (Å²) in [7, 11) is -3.89. The highest BCUT2D eigenvalue weighted by atomic mass is 35.5. The highest BCUT2D eigenvalue weighted by Gasteiger charge is 2.34. The van der Waals surface area contributed by atoms with E-state index in [4.69, 9.17) is 32.7 Å². The van der Waals surface area contributed by atoms with Gasteiger partial charge in [-0.25, -0.2) is 8.42 Å². The van der Waals surface area contributed by atoms with Crippen LogP contribution in [-0.2, 0) is 26.2 Å². The molecule has 218 valence electrons. The van der Waals surface area contributed by atoms with E-state index in [0.717, 1.165) is 30.0 Å². The van der Waals surface area contributed by atoms with Gasteiger partial charge in [0.05, 0.1) is 11.4 Å². The number of hydrogen-bond donors (Lipinski definition) is 1. The molecule has 9 nitrogen and oxygen atoms in total. The Morgan fingerprint density at radius 3 is 2.30 bits per heavy atom. The maximum absolute atomic E-state index is 14.0. The molecule has 12 heteroatoms. The zero-order valence-corrected chi connectivity index (χ0v) is 25.0. The molecule has 1 atom stereocenters. The minimum Gasteiger partial charge on any atom is -0.486 e. The van der Waals surface area contributed by atoms with Crippen molar-refractivity contribution in [1.82, 2.24) is 10.2 Å². The zero-order valence-electron chi connectivity index (χ0n) is 22.7. The van der Waals surface area contributed by atoms with Crippen molar-refractivity contribution in [2.45, 2.75) is 64.6 Å². The molecule has 1 aliphatic heterocycles. The highest BCUT2D eigenvalue weighted by Crippen LogP contribution is 2.35. The van der Waals surface area contributed by atoms with E-state index in [2.05, 4.69) is 5.32 Å². The lowest BCUT2D eigenvalue weighted by molar-refractivity contribution is -0.140. The lowest BCUT2D eigenvalue weighted by Gasteiger charge is -2.34. The van der Waals surface area contributed by atoms with Gasteiger partial charge in [-0.15, -0.1) is 0 Å². The van der Waals surface area contributed by atoms with E-state index < -0.39 is 28.5 Å². The Labute approximate surface area is 245 Å². The summed E-state index contributed by atoms with van der Waals surface area (Å²) in [6, 6.07) is 8.97. The third-order valence-corrected chi connectivity index (χ3v) is 9.72. The number of amides is 2. The van der Waals surface area contributed by atoms with Crippen LogP contribution in [0.4, 0.5) is 5.69 Å². The summed E-state index contributed by atoms with van der Waals surface area (Å²) in [6.45, 7) is 3.46. The molecular weight excluding hydrogens is 577 g/mol. The number of sulfonamides is 1. The molecule has 2 aromatic carbocycles. The molecule has 4 rings (SSSR count). The maximum Gasteiger partial charge on any atom is 0.244 e. The average molecular weight is 613 g/mol. The number of fused-ring (bicyclic) bond motifs is 1. The summed E-state index contributed by atoms with van der Waals surface area (Å²) < 4.78 is 38.8. The largest absolute Gasteiger partial charge is 0.486 e. The lowest BCUT2D eigenvalue weighted by Crippen LogP contribution is -2.53. The highest BCUT2D eigenvalue weighted by molar-refractivity contribution is 7.92. The summed E-state index contributed by atoms with van der Waals surface area (Å²) in [4.78, 5) is 28.9. The third kappa shape index (κ3) is 6.95. The third-order valence-electron chi connectivity index (χ3n) is 7.27. The minimum atomic E-state index is -3.89. The minimum absolute atomic E-state index is 0.0529. The van der Waals surface area contributed by atoms with Gasteiger partial charge in [-0.3, -0.25) is 13.9 Å². The van der Waals surface area contributed by atoms with Gasteiger partial charge in [-0.1, -0.05) is 49.0 Å². The Bertz CT molecular complexity index is 1310. The molecule has 0 spiro atoms. The lowest BCUT2D eigenvalue weighted by atomic mass is 10.1. The van der Waals surface area contributed by atoms with E-state index in [9.17, 15) is 18.0 Å². The van der Waals surface area contributed by atoms with Crippen LogP contribution in [0.25, 0.3) is 0 Å². The Morgan fingerprint density at radius 1 is 1.02 bits per heavy atom. The van der Waals surface area contributed by atoms with Crippen molar-refractivity contribution in [3.05, 3.63) is 52.0 Å². The van der Waals surface area contributed by atoms with E-state index in [-0.39, 0.29) is 29.9 Å². The number of carbonyl (C=O) groups is 2. The van der Waals surface area contributed by atoms with Gasteiger partial charge in [0.15, 0.2) is 11.5 Å². The number of nitrogens with one attached hydrogen (secondary N) is 1. The number of carbonyl (C=O) groups excluding carboxylic acids is 2. The number of anilines is 1. The van der Waals surface area contributed by atoms with Gasteiger partial charge in [-0.2, -0.15) is 0 Å². The standard InChI is InChI=1S/C28H35Cl2N3O6S/c1-3-24(28(35)31-19-8-5-6-9-19)32(17-21-22(29)10-7-11-23(21)30)27(34)18-33(40(36,37)4-2)20-12-13-25-26(16-20)39-15-14-38-25/h7,10-13,16,19,24H,3-6,8-9,14-15,17-18H2,1-2H3,(H,31,35). The molecule has 40 heavy (non-hydrogen) atoms. The van der Waals surface area contributed by atoms with Gasteiger partial charge in [0.1, 0.15) is 25.8 Å². The average Bonchev–Trinajstić information content (AvgIpc) is 3.45. The molecule has 1 fully saturated rings. The van der Waals surface area contributed by atoms with Gasteiger partial charge in [0, 0.05) is 34.3 Å². The van der Waals surface area contributed by atoms with Crippen LogP contribution in [0.2, 0.25) is 10.0 Å². The fraction of sp³-hybridized carbons (Fsp3) is 0.500. The van der Waals surface area contributed by atoms with Crippen LogP contribution in [0.1, 0.15) is 51.5 Å². The number of rotatable bonds is 11. The van der Waals surface area contributed by atoms with Crippen LogP contribution < -0.4 is 19.1 Å². The first-order valence-corrected chi connectivity index (χ1v) is 15.9. The number of ether oxygens (including phenoxy) is 2. The maximum atomic E-state index is 14.0. The molecule has 0 bridgehead atoms. The fourth-order valence-electron chi connectivity index (χ4n) is 5.05. The Kier molecular flexibility index (Phi) is 10.1. The fourth-order valence-corrected chi connectivity index (χ4v) is 6.62. The Morgan fingerprint density at radius 2 is 1.68 bits per heavy atom. The number of benzene rings is 2. The molecular formula is C28H35Cl2N3O6S. The topological polar surface area (TPSA) is 105 Å². The van der Waals surface area contributed by atoms with Crippen LogP contribution in [0.5, 0.6) is 11.5 Å². The first-order chi connectivity index (χ1) is 19.1. The van der Waals surface area contributed by atoms with E-state index >= 15 is 0 Å². The van der Waals surface area contributed by atoms with Crippen LogP contribution in [0.3, 0.4) is 0 Å². The number of halogens is 2. The normalized spacial score (nSPS) is 15.9. The van der Waals surface area contributed by atoms with E-state index in [1.54, 1.807) is 36.4 Å². The second-order valence-electron chi connectivity index (χ2n) is 9.87. The predicted molar refractivity (Wildman–Crippen MR) is 156 cm³/mol. The van der Waals surface area contributed by atoms with Gasteiger partial charge in [-0.05, 0) is 50.5 Å². The van der Waals surface area contributed by atoms with Crippen molar-refractivity contribution in [3.63, 3.8) is 0 Å². The molecule has 1 saturated carbocycles. The second-order valence-corrected chi connectivity index (χ2v) is 12.9. The van der Waals surface area contributed by atoms with Crippen molar-refractivity contribution in [1.29, 1.82) is 0 Å². The molecule has 0 radical (unpaired) electrons. The van der Waals surface area contributed by atoms with Crippen molar-refractivity contribution >= 4 is 50.7 Å². The second kappa shape index (κ2) is 13.3. The number of nitrogens with zero attached hydrogens (tertiary/aromatic N) is 2. The first kappa shape index (κ1) is 30.3. The first-order valence-electron chi connectivity index (χ1n) is 13.6. The molecule has 1 N–H and O–H groups in total. The van der Waals surface area contributed by atoms with Gasteiger partial charge < -0.3 is 19.7 Å². The SMILES string of the molecule is CCC(C(=O)NC1CCCC1)N(Cc1c(Cl)cccc1Cl)C(=O)CN(c1ccc2c(c1)OCCO2)S(=O)(=O)CC. The van der Waals surface area contributed by atoms with Crippen molar-refractivity contribution < 1.29 is 27.5 Å². The smallest absolute Gasteiger partial charge is 0.244 e. The van der Waals surface area contributed by atoms with Crippen LogP contribution >= 0.6 is 23.2 Å². The number of hydrogen-bond acceptors (Lipinski definition) is 6. The van der Waals surface area contributed by atoms with Crippen molar-refractivity contribution in [2.24, 2.45) is 0 Å². The van der Waals surface area contributed by atoms with Crippen LogP contribution in [0, 0.1) is 0 Å². The van der Waals surface area contributed by atoms with Gasteiger partial charge in [0.25, 0.3) is 0 Å². The zero-order chi connectivity index (χ0) is 28.9. The van der Waals surface area contributed by atoms with E-state index in [1.165, 1.54) is 11.8 Å². The Hall–Kier alpha value is -2.69. The molecule has 1 aliphatic carbocycles. The molecule has 0 saturated heterocycles. The summed E-state index contributed by atoms with van der Waals surface area (Å²) in [5, 5.41) is 3.78. The molecule has 2 amide bonds. The van der Waals surface area contributed by atoms with Crippen molar-refractivity contribution in [2.75, 3.05) is 29.8 Å². The van der Waals surface area contributed by atoms with Crippen LogP contribution in [0.15, 0.2) is 36.4 Å². The van der Waals surface area contributed by atoms with E-state index in [0.29, 0.717) is 46.7 Å². The quantitative estimate of drug-likeness (QED) is 0.392. The van der Waals surface area contributed by atoms with Crippen LogP contribution in [-0.4, -0.2) is 62.7 Å². The molecule has 2 aliphatic rings.